The second-order valence-corrected chi connectivity index (χ2v) is 4.73. The normalized spacial score (nSPS) is 12.3. The van der Waals surface area contributed by atoms with E-state index in [4.69, 9.17) is 4.74 Å². The molecule has 0 heterocycles. The highest BCUT2D eigenvalue weighted by Crippen LogP contribution is 2.26. The third kappa shape index (κ3) is 4.37. The summed E-state index contributed by atoms with van der Waals surface area (Å²) >= 11 is 0. The lowest BCUT2D eigenvalue weighted by molar-refractivity contribution is -0.123. The van der Waals surface area contributed by atoms with E-state index in [1.165, 1.54) is 0 Å². The van der Waals surface area contributed by atoms with E-state index < -0.39 is 6.10 Å². The maximum absolute atomic E-state index is 11.5. The number of ether oxygens (including phenoxy) is 1. The van der Waals surface area contributed by atoms with Gasteiger partial charge in [-0.1, -0.05) is 12.1 Å². The Labute approximate surface area is 108 Å². The fourth-order valence-electron chi connectivity index (χ4n) is 1.62. The largest absolute Gasteiger partial charge is 0.483 e. The molecule has 18 heavy (non-hydrogen) atoms. The number of hydrogen-bond acceptors (Lipinski definition) is 3. The van der Waals surface area contributed by atoms with Crippen molar-refractivity contribution in [3.8, 4) is 5.75 Å². The van der Waals surface area contributed by atoms with Gasteiger partial charge >= 0.3 is 0 Å². The van der Waals surface area contributed by atoms with E-state index in [2.05, 4.69) is 5.32 Å². The van der Waals surface area contributed by atoms with Crippen LogP contribution in [-0.4, -0.2) is 23.7 Å². The number of benzene rings is 1. The number of carbonyl (C=O) groups excluding carboxylic acids is 1. The first-order valence-corrected chi connectivity index (χ1v) is 6.11. The van der Waals surface area contributed by atoms with Gasteiger partial charge in [0.2, 0.25) is 0 Å². The van der Waals surface area contributed by atoms with Crippen LogP contribution in [0.4, 0.5) is 0 Å². The average Bonchev–Trinajstić information content (AvgIpc) is 2.25. The molecule has 0 saturated heterocycles. The molecule has 0 spiro atoms. The van der Waals surface area contributed by atoms with Crippen LogP contribution in [0.2, 0.25) is 0 Å². The van der Waals surface area contributed by atoms with Gasteiger partial charge in [0.15, 0.2) is 6.61 Å². The standard InChI is InChI=1S/C14H21NO3/c1-9(2)15-14(17)8-18-13-7-10(3)5-6-12(13)11(4)16/h5-7,9,11,16H,8H2,1-4H3,(H,15,17)/t11-/m1/s1. The van der Waals surface area contributed by atoms with Crippen molar-refractivity contribution < 1.29 is 14.6 Å². The number of nitrogens with one attached hydrogen (secondary N) is 1. The van der Waals surface area contributed by atoms with Gasteiger partial charge in [-0.25, -0.2) is 0 Å². The van der Waals surface area contributed by atoms with E-state index in [-0.39, 0.29) is 18.6 Å². The van der Waals surface area contributed by atoms with Crippen LogP contribution >= 0.6 is 0 Å². The quantitative estimate of drug-likeness (QED) is 0.841. The second-order valence-electron chi connectivity index (χ2n) is 4.73. The second kappa shape index (κ2) is 6.40. The Morgan fingerprint density at radius 3 is 2.61 bits per heavy atom. The molecule has 2 N–H and O–H groups in total. The van der Waals surface area contributed by atoms with Crippen molar-refractivity contribution >= 4 is 5.91 Å². The minimum absolute atomic E-state index is 0.0403. The van der Waals surface area contributed by atoms with Crippen LogP contribution in [0.25, 0.3) is 0 Å². The Bertz CT molecular complexity index is 414. The molecule has 0 aliphatic carbocycles. The Balaban J connectivity index is 2.71. The Morgan fingerprint density at radius 2 is 2.06 bits per heavy atom. The van der Waals surface area contributed by atoms with Gasteiger partial charge in [-0.05, 0) is 39.3 Å². The molecular weight excluding hydrogens is 230 g/mol. The molecule has 100 valence electrons. The van der Waals surface area contributed by atoms with E-state index in [0.29, 0.717) is 11.3 Å². The number of amides is 1. The topological polar surface area (TPSA) is 58.6 Å². The SMILES string of the molecule is Cc1ccc([C@@H](C)O)c(OCC(=O)NC(C)C)c1. The molecular formula is C14H21NO3. The molecule has 1 aromatic rings. The molecule has 1 rings (SSSR count). The van der Waals surface area contributed by atoms with Crippen LogP contribution in [0.15, 0.2) is 18.2 Å². The lowest BCUT2D eigenvalue weighted by Crippen LogP contribution is -2.34. The molecule has 0 radical (unpaired) electrons. The summed E-state index contributed by atoms with van der Waals surface area (Å²) in [5, 5.41) is 12.4. The van der Waals surface area contributed by atoms with Crippen LogP contribution in [0.3, 0.4) is 0 Å². The van der Waals surface area contributed by atoms with E-state index in [9.17, 15) is 9.90 Å². The lowest BCUT2D eigenvalue weighted by atomic mass is 10.1. The molecule has 4 heteroatoms. The lowest BCUT2D eigenvalue weighted by Gasteiger charge is -2.15. The van der Waals surface area contributed by atoms with Crippen molar-refractivity contribution in [3.05, 3.63) is 29.3 Å². The number of carbonyl (C=O) groups is 1. The number of rotatable bonds is 5. The average molecular weight is 251 g/mol. The molecule has 4 nitrogen and oxygen atoms in total. The third-order valence-corrected chi connectivity index (χ3v) is 2.43. The van der Waals surface area contributed by atoms with Crippen molar-refractivity contribution in [1.29, 1.82) is 0 Å². The molecule has 0 aromatic heterocycles. The zero-order valence-electron chi connectivity index (χ0n) is 11.4. The third-order valence-electron chi connectivity index (χ3n) is 2.43. The smallest absolute Gasteiger partial charge is 0.258 e. The summed E-state index contributed by atoms with van der Waals surface area (Å²) in [5.41, 5.74) is 1.72. The number of aliphatic hydroxyl groups excluding tert-OH is 1. The Morgan fingerprint density at radius 1 is 1.39 bits per heavy atom. The summed E-state index contributed by atoms with van der Waals surface area (Å²) in [5.74, 6) is 0.395. The number of hydrogen-bond donors (Lipinski definition) is 2. The highest BCUT2D eigenvalue weighted by atomic mass is 16.5. The Hall–Kier alpha value is -1.55. The van der Waals surface area contributed by atoms with Crippen LogP contribution in [0.1, 0.15) is 38.0 Å². The van der Waals surface area contributed by atoms with E-state index >= 15 is 0 Å². The van der Waals surface area contributed by atoms with Crippen molar-refractivity contribution in [1.82, 2.24) is 5.32 Å². The van der Waals surface area contributed by atoms with Crippen molar-refractivity contribution in [3.63, 3.8) is 0 Å². The van der Waals surface area contributed by atoms with Gasteiger partial charge in [-0.2, -0.15) is 0 Å². The van der Waals surface area contributed by atoms with E-state index in [0.717, 1.165) is 5.56 Å². The van der Waals surface area contributed by atoms with Gasteiger partial charge in [-0.15, -0.1) is 0 Å². The fraction of sp³-hybridized carbons (Fsp3) is 0.500. The van der Waals surface area contributed by atoms with Gasteiger partial charge in [0.25, 0.3) is 5.91 Å². The maximum Gasteiger partial charge on any atom is 0.258 e. The molecule has 0 saturated carbocycles. The molecule has 0 aliphatic heterocycles. The summed E-state index contributed by atoms with van der Waals surface area (Å²) < 4.78 is 5.47. The van der Waals surface area contributed by atoms with Crippen LogP contribution in [0, 0.1) is 6.92 Å². The van der Waals surface area contributed by atoms with E-state index in [1.54, 1.807) is 6.92 Å². The molecule has 1 aromatic carbocycles. The minimum atomic E-state index is -0.617. The highest BCUT2D eigenvalue weighted by molar-refractivity contribution is 5.77. The predicted octanol–water partition coefficient (Wildman–Crippen LogP) is 1.95. The summed E-state index contributed by atoms with van der Waals surface area (Å²) in [6.45, 7) is 7.36. The molecule has 0 aliphatic rings. The summed E-state index contributed by atoms with van der Waals surface area (Å²) in [6, 6.07) is 5.64. The monoisotopic (exact) mass is 251 g/mol. The molecule has 1 atom stereocenters. The molecule has 1 amide bonds. The summed E-state index contributed by atoms with van der Waals surface area (Å²) in [7, 11) is 0. The minimum Gasteiger partial charge on any atom is -0.483 e. The Kier molecular flexibility index (Phi) is 5.16. The van der Waals surface area contributed by atoms with Crippen LogP contribution in [0.5, 0.6) is 5.75 Å². The van der Waals surface area contributed by atoms with Crippen molar-refractivity contribution in [2.45, 2.75) is 39.8 Å². The van der Waals surface area contributed by atoms with E-state index in [1.807, 2.05) is 39.0 Å². The van der Waals surface area contributed by atoms with Crippen molar-refractivity contribution in [2.24, 2.45) is 0 Å². The molecule has 0 unspecified atom stereocenters. The number of aliphatic hydroxyl groups is 1. The first-order valence-electron chi connectivity index (χ1n) is 6.11. The highest BCUT2D eigenvalue weighted by Gasteiger charge is 2.11. The predicted molar refractivity (Wildman–Crippen MR) is 70.6 cm³/mol. The maximum atomic E-state index is 11.5. The van der Waals surface area contributed by atoms with Gasteiger partial charge < -0.3 is 15.2 Å². The van der Waals surface area contributed by atoms with Gasteiger partial charge in [0, 0.05) is 11.6 Å². The first kappa shape index (κ1) is 14.5. The van der Waals surface area contributed by atoms with Gasteiger partial charge in [-0.3, -0.25) is 4.79 Å². The summed E-state index contributed by atoms with van der Waals surface area (Å²) in [4.78, 5) is 11.5. The fourth-order valence-corrected chi connectivity index (χ4v) is 1.62. The molecule has 0 bridgehead atoms. The molecule has 0 fully saturated rings. The summed E-state index contributed by atoms with van der Waals surface area (Å²) in [6.07, 6.45) is -0.617. The zero-order valence-corrected chi connectivity index (χ0v) is 11.4. The van der Waals surface area contributed by atoms with Crippen molar-refractivity contribution in [2.75, 3.05) is 6.61 Å². The zero-order chi connectivity index (χ0) is 13.7. The van der Waals surface area contributed by atoms with Gasteiger partial charge in [0.05, 0.1) is 6.10 Å². The van der Waals surface area contributed by atoms with Gasteiger partial charge in [0.1, 0.15) is 5.75 Å². The number of aryl methyl sites for hydroxylation is 1. The van der Waals surface area contributed by atoms with Crippen LogP contribution < -0.4 is 10.1 Å². The van der Waals surface area contributed by atoms with Crippen LogP contribution in [-0.2, 0) is 4.79 Å². The first-order chi connectivity index (χ1) is 8.40.